The molecule has 0 fully saturated rings. The topological polar surface area (TPSA) is 80.9 Å². The number of carboxylic acid groups (broad SMARTS) is 1. The summed E-state index contributed by atoms with van der Waals surface area (Å²) >= 11 is 2.07. The molecular formula is C11H11IN4O2. The average molecular weight is 358 g/mol. The Morgan fingerprint density at radius 2 is 2.17 bits per heavy atom. The van der Waals surface area contributed by atoms with Crippen LogP contribution >= 0.6 is 22.6 Å². The minimum Gasteiger partial charge on any atom is -0.478 e. The fraction of sp³-hybridized carbons (Fsp3) is 0.273. The van der Waals surface area contributed by atoms with Gasteiger partial charge in [0, 0.05) is 9.49 Å². The monoisotopic (exact) mass is 358 g/mol. The van der Waals surface area contributed by atoms with Crippen molar-refractivity contribution in [3.8, 4) is 5.69 Å². The first-order valence-electron chi connectivity index (χ1n) is 5.32. The third-order valence-electron chi connectivity index (χ3n) is 2.43. The van der Waals surface area contributed by atoms with Crippen molar-refractivity contribution in [2.24, 2.45) is 0 Å². The maximum absolute atomic E-state index is 11.3. The largest absolute Gasteiger partial charge is 0.478 e. The molecule has 18 heavy (non-hydrogen) atoms. The van der Waals surface area contributed by atoms with Gasteiger partial charge >= 0.3 is 5.97 Å². The zero-order chi connectivity index (χ0) is 13.3. The van der Waals surface area contributed by atoms with Crippen molar-refractivity contribution in [1.82, 2.24) is 20.2 Å². The van der Waals surface area contributed by atoms with Crippen molar-refractivity contribution >= 4 is 28.6 Å². The van der Waals surface area contributed by atoms with Crippen LogP contribution in [0, 0.1) is 3.57 Å². The molecule has 1 N–H and O–H groups in total. The van der Waals surface area contributed by atoms with Crippen molar-refractivity contribution in [2.75, 3.05) is 0 Å². The Balaban J connectivity index is 2.63. The summed E-state index contributed by atoms with van der Waals surface area (Å²) in [5.41, 5.74) is 0.674. The summed E-state index contributed by atoms with van der Waals surface area (Å²) in [7, 11) is 0. The van der Waals surface area contributed by atoms with Crippen molar-refractivity contribution in [1.29, 1.82) is 0 Å². The number of hydrogen-bond acceptors (Lipinski definition) is 4. The first-order valence-corrected chi connectivity index (χ1v) is 6.40. The number of rotatable bonds is 3. The molecule has 0 aliphatic heterocycles. The van der Waals surface area contributed by atoms with E-state index in [1.165, 1.54) is 4.68 Å². The number of benzene rings is 1. The van der Waals surface area contributed by atoms with Crippen LogP contribution in [-0.4, -0.2) is 31.3 Å². The lowest BCUT2D eigenvalue weighted by atomic mass is 10.1. The molecule has 6 nitrogen and oxygen atoms in total. The summed E-state index contributed by atoms with van der Waals surface area (Å²) in [5.74, 6) is -0.242. The quantitative estimate of drug-likeness (QED) is 0.850. The third-order valence-corrected chi connectivity index (χ3v) is 3.10. The van der Waals surface area contributed by atoms with Crippen LogP contribution < -0.4 is 0 Å². The molecule has 0 spiro atoms. The number of tetrazole rings is 1. The van der Waals surface area contributed by atoms with Crippen LogP contribution in [0.1, 0.15) is 35.9 Å². The van der Waals surface area contributed by atoms with Gasteiger partial charge in [-0.2, -0.15) is 4.68 Å². The highest BCUT2D eigenvalue weighted by Crippen LogP contribution is 2.21. The Kier molecular flexibility index (Phi) is 3.60. The molecule has 0 radical (unpaired) electrons. The average Bonchev–Trinajstić information content (AvgIpc) is 2.77. The summed E-state index contributed by atoms with van der Waals surface area (Å²) in [4.78, 5) is 11.3. The van der Waals surface area contributed by atoms with Crippen LogP contribution in [0.2, 0.25) is 0 Å². The lowest BCUT2D eigenvalue weighted by Crippen LogP contribution is -2.11. The van der Waals surface area contributed by atoms with E-state index in [0.717, 1.165) is 3.57 Å². The summed E-state index contributed by atoms with van der Waals surface area (Å²) in [5, 5.41) is 20.6. The van der Waals surface area contributed by atoms with E-state index in [9.17, 15) is 9.90 Å². The standard InChI is InChI=1S/C11H11IN4O2/c1-6(2)10-13-14-15-16(10)9-4-3-7(12)5-8(9)11(17)18/h3-6H,1-2H3,(H,17,18). The second-order valence-electron chi connectivity index (χ2n) is 4.07. The van der Waals surface area contributed by atoms with E-state index in [-0.39, 0.29) is 11.5 Å². The van der Waals surface area contributed by atoms with E-state index in [2.05, 4.69) is 38.1 Å². The summed E-state index contributed by atoms with van der Waals surface area (Å²) in [6, 6.07) is 5.14. The van der Waals surface area contributed by atoms with Crippen LogP contribution in [0.4, 0.5) is 0 Å². The number of aromatic carboxylic acids is 1. The van der Waals surface area contributed by atoms with Gasteiger partial charge in [0.15, 0.2) is 5.82 Å². The van der Waals surface area contributed by atoms with E-state index < -0.39 is 5.97 Å². The molecule has 0 saturated heterocycles. The van der Waals surface area contributed by atoms with Gasteiger partial charge in [0.1, 0.15) is 0 Å². The van der Waals surface area contributed by atoms with E-state index >= 15 is 0 Å². The van der Waals surface area contributed by atoms with Gasteiger partial charge in [0.2, 0.25) is 0 Å². The van der Waals surface area contributed by atoms with Gasteiger partial charge in [-0.15, -0.1) is 5.10 Å². The molecule has 0 bridgehead atoms. The van der Waals surface area contributed by atoms with Crippen molar-refractivity contribution < 1.29 is 9.90 Å². The minimum atomic E-state index is -0.992. The molecule has 7 heteroatoms. The highest BCUT2D eigenvalue weighted by atomic mass is 127. The predicted molar refractivity (Wildman–Crippen MR) is 72.9 cm³/mol. The van der Waals surface area contributed by atoms with Gasteiger partial charge in [0.05, 0.1) is 11.3 Å². The molecule has 94 valence electrons. The van der Waals surface area contributed by atoms with Crippen molar-refractivity contribution in [3.63, 3.8) is 0 Å². The van der Waals surface area contributed by atoms with E-state index in [1.807, 2.05) is 19.9 Å². The van der Waals surface area contributed by atoms with Gasteiger partial charge in [-0.05, 0) is 51.2 Å². The van der Waals surface area contributed by atoms with Gasteiger partial charge in [-0.3, -0.25) is 0 Å². The van der Waals surface area contributed by atoms with Crippen LogP contribution in [0.15, 0.2) is 18.2 Å². The molecule has 0 aliphatic carbocycles. The molecule has 1 aromatic carbocycles. The maximum Gasteiger partial charge on any atom is 0.337 e. The number of carboxylic acids is 1. The molecule has 0 atom stereocenters. The highest BCUT2D eigenvalue weighted by molar-refractivity contribution is 14.1. The van der Waals surface area contributed by atoms with Crippen molar-refractivity contribution in [3.05, 3.63) is 33.2 Å². The zero-order valence-electron chi connectivity index (χ0n) is 9.83. The minimum absolute atomic E-state index is 0.112. The Labute approximate surface area is 117 Å². The number of carbonyl (C=O) groups is 1. The highest BCUT2D eigenvalue weighted by Gasteiger charge is 2.18. The number of hydrogen-bond donors (Lipinski definition) is 1. The first kappa shape index (κ1) is 12.9. The lowest BCUT2D eigenvalue weighted by molar-refractivity contribution is 0.0696. The van der Waals surface area contributed by atoms with Gasteiger partial charge in [0.25, 0.3) is 0 Å². The van der Waals surface area contributed by atoms with E-state index in [0.29, 0.717) is 11.5 Å². The predicted octanol–water partition coefficient (Wildman–Crippen LogP) is 2.09. The number of aromatic nitrogens is 4. The molecule has 1 aromatic heterocycles. The van der Waals surface area contributed by atoms with Crippen LogP contribution in [0.5, 0.6) is 0 Å². The second-order valence-corrected chi connectivity index (χ2v) is 5.32. The molecule has 2 aromatic rings. The smallest absolute Gasteiger partial charge is 0.337 e. The van der Waals surface area contributed by atoms with Gasteiger partial charge < -0.3 is 5.11 Å². The van der Waals surface area contributed by atoms with Gasteiger partial charge in [-0.25, -0.2) is 4.79 Å². The molecule has 0 aliphatic rings. The van der Waals surface area contributed by atoms with Gasteiger partial charge in [-0.1, -0.05) is 13.8 Å². The third kappa shape index (κ3) is 2.35. The fourth-order valence-corrected chi connectivity index (χ4v) is 2.08. The molecule has 0 amide bonds. The Hall–Kier alpha value is -1.51. The van der Waals surface area contributed by atoms with Crippen LogP contribution in [0.25, 0.3) is 5.69 Å². The summed E-state index contributed by atoms with van der Waals surface area (Å²) in [6.07, 6.45) is 0. The Bertz CT molecular complexity index is 594. The van der Waals surface area contributed by atoms with E-state index in [4.69, 9.17) is 0 Å². The second kappa shape index (κ2) is 5.01. The molecule has 2 rings (SSSR count). The lowest BCUT2D eigenvalue weighted by Gasteiger charge is -2.09. The van der Waals surface area contributed by atoms with E-state index in [1.54, 1.807) is 12.1 Å². The normalized spacial score (nSPS) is 10.9. The summed E-state index contributed by atoms with van der Waals surface area (Å²) in [6.45, 7) is 3.91. The fourth-order valence-electron chi connectivity index (χ4n) is 1.59. The number of halogens is 1. The van der Waals surface area contributed by atoms with Crippen LogP contribution in [-0.2, 0) is 0 Å². The molecular weight excluding hydrogens is 347 g/mol. The number of nitrogens with zero attached hydrogens (tertiary/aromatic N) is 4. The zero-order valence-corrected chi connectivity index (χ0v) is 12.0. The Morgan fingerprint density at radius 1 is 1.44 bits per heavy atom. The van der Waals surface area contributed by atoms with Crippen molar-refractivity contribution in [2.45, 2.75) is 19.8 Å². The first-order chi connectivity index (χ1) is 8.50. The molecule has 1 heterocycles. The van der Waals surface area contributed by atoms with Crippen LogP contribution in [0.3, 0.4) is 0 Å². The maximum atomic E-state index is 11.3. The SMILES string of the molecule is CC(C)c1nnnn1-c1ccc(I)cc1C(=O)O. The molecule has 0 unspecified atom stereocenters. The molecule has 0 saturated carbocycles. The summed E-state index contributed by atoms with van der Waals surface area (Å²) < 4.78 is 2.33. The Morgan fingerprint density at radius 3 is 2.78 bits per heavy atom.